The number of amides is 1. The summed E-state index contributed by atoms with van der Waals surface area (Å²) < 4.78 is 0. The lowest BCUT2D eigenvalue weighted by molar-refractivity contribution is 0.0952. The molecular formula is C23H17ClN2O. The highest BCUT2D eigenvalue weighted by atomic mass is 35.5. The molecule has 4 rings (SSSR count). The SMILES string of the molecule is O=C(NCc1ccccc1)c1cc(-c2ccccc2Cl)nc2ccccc12. The molecule has 0 spiro atoms. The first-order chi connectivity index (χ1) is 13.2. The second kappa shape index (κ2) is 7.60. The highest BCUT2D eigenvalue weighted by Crippen LogP contribution is 2.29. The lowest BCUT2D eigenvalue weighted by Crippen LogP contribution is -2.23. The van der Waals surface area contributed by atoms with Gasteiger partial charge < -0.3 is 5.32 Å². The van der Waals surface area contributed by atoms with Gasteiger partial charge in [0.2, 0.25) is 0 Å². The molecule has 0 bridgehead atoms. The molecular weight excluding hydrogens is 356 g/mol. The standard InChI is InChI=1S/C23H17ClN2O/c24-20-12-6-4-11-18(20)22-14-19(17-10-5-7-13-21(17)26-22)23(27)25-15-16-8-2-1-3-9-16/h1-14H,15H2,(H,25,27). The molecule has 0 aliphatic heterocycles. The maximum Gasteiger partial charge on any atom is 0.252 e. The monoisotopic (exact) mass is 372 g/mol. The third-order valence-electron chi connectivity index (χ3n) is 4.41. The lowest BCUT2D eigenvalue weighted by Gasteiger charge is -2.11. The van der Waals surface area contributed by atoms with E-state index in [4.69, 9.17) is 16.6 Å². The molecule has 0 aliphatic carbocycles. The molecule has 0 aliphatic rings. The molecule has 1 N–H and O–H groups in total. The Morgan fingerprint density at radius 2 is 1.59 bits per heavy atom. The van der Waals surface area contributed by atoms with E-state index in [-0.39, 0.29) is 5.91 Å². The molecule has 132 valence electrons. The van der Waals surface area contributed by atoms with Gasteiger partial charge in [-0.2, -0.15) is 0 Å². The predicted molar refractivity (Wildman–Crippen MR) is 110 cm³/mol. The van der Waals surface area contributed by atoms with Crippen LogP contribution < -0.4 is 5.32 Å². The zero-order valence-electron chi connectivity index (χ0n) is 14.5. The van der Waals surface area contributed by atoms with Crippen molar-refractivity contribution in [2.75, 3.05) is 0 Å². The van der Waals surface area contributed by atoms with E-state index in [9.17, 15) is 4.79 Å². The molecule has 4 aromatic rings. The number of hydrogen-bond acceptors (Lipinski definition) is 2. The van der Waals surface area contributed by atoms with E-state index in [2.05, 4.69) is 5.32 Å². The second-order valence-corrected chi connectivity index (χ2v) is 6.63. The number of para-hydroxylation sites is 1. The first kappa shape index (κ1) is 17.3. The van der Waals surface area contributed by atoms with E-state index in [0.29, 0.717) is 22.8 Å². The molecule has 0 saturated carbocycles. The van der Waals surface area contributed by atoms with Crippen LogP contribution in [-0.2, 0) is 6.54 Å². The molecule has 27 heavy (non-hydrogen) atoms. The van der Waals surface area contributed by atoms with Crippen molar-refractivity contribution in [2.45, 2.75) is 6.54 Å². The summed E-state index contributed by atoms with van der Waals surface area (Å²) in [5.41, 5.74) is 3.90. The van der Waals surface area contributed by atoms with Crippen molar-refractivity contribution >= 4 is 28.4 Å². The summed E-state index contributed by atoms with van der Waals surface area (Å²) in [5, 5.41) is 4.43. The van der Waals surface area contributed by atoms with E-state index in [1.54, 1.807) is 0 Å². The van der Waals surface area contributed by atoms with Crippen LogP contribution in [0.2, 0.25) is 5.02 Å². The average Bonchev–Trinajstić information content (AvgIpc) is 2.72. The number of nitrogens with zero attached hydrogens (tertiary/aromatic N) is 1. The van der Waals surface area contributed by atoms with Crippen LogP contribution in [-0.4, -0.2) is 10.9 Å². The van der Waals surface area contributed by atoms with Crippen molar-refractivity contribution in [3.63, 3.8) is 0 Å². The topological polar surface area (TPSA) is 42.0 Å². The summed E-state index contributed by atoms with van der Waals surface area (Å²) in [5.74, 6) is -0.134. The number of benzene rings is 3. The Labute approximate surface area is 162 Å². The van der Waals surface area contributed by atoms with Gasteiger partial charge in [0.25, 0.3) is 5.91 Å². The molecule has 4 heteroatoms. The van der Waals surface area contributed by atoms with Gasteiger partial charge in [-0.15, -0.1) is 0 Å². The Kier molecular flexibility index (Phi) is 4.86. The van der Waals surface area contributed by atoms with Crippen LogP contribution >= 0.6 is 11.6 Å². The van der Waals surface area contributed by atoms with Crippen molar-refractivity contribution in [1.29, 1.82) is 0 Å². The van der Waals surface area contributed by atoms with Gasteiger partial charge in [-0.05, 0) is 23.8 Å². The van der Waals surface area contributed by atoms with Gasteiger partial charge in [0, 0.05) is 22.5 Å². The maximum atomic E-state index is 12.9. The Bertz CT molecular complexity index is 1110. The number of hydrogen-bond donors (Lipinski definition) is 1. The van der Waals surface area contributed by atoms with E-state index < -0.39 is 0 Å². The predicted octanol–water partition coefficient (Wildman–Crippen LogP) is 5.49. The molecule has 1 heterocycles. The Morgan fingerprint density at radius 1 is 0.889 bits per heavy atom. The van der Waals surface area contributed by atoms with Crippen LogP contribution in [0, 0.1) is 0 Å². The Balaban J connectivity index is 1.74. The minimum atomic E-state index is -0.134. The fourth-order valence-electron chi connectivity index (χ4n) is 3.04. The van der Waals surface area contributed by atoms with Crippen LogP contribution in [0.5, 0.6) is 0 Å². The number of carbonyl (C=O) groups excluding carboxylic acids is 1. The van der Waals surface area contributed by atoms with Gasteiger partial charge in [-0.1, -0.05) is 78.3 Å². The zero-order valence-corrected chi connectivity index (χ0v) is 15.3. The first-order valence-corrected chi connectivity index (χ1v) is 9.07. The van der Waals surface area contributed by atoms with Gasteiger partial charge in [0.05, 0.1) is 16.8 Å². The highest BCUT2D eigenvalue weighted by molar-refractivity contribution is 6.33. The summed E-state index contributed by atoms with van der Waals surface area (Å²) in [6.07, 6.45) is 0. The number of carbonyl (C=O) groups is 1. The molecule has 0 radical (unpaired) electrons. The molecule has 3 aromatic carbocycles. The number of halogens is 1. The summed E-state index contributed by atoms with van der Waals surface area (Å²) >= 11 is 6.34. The zero-order chi connectivity index (χ0) is 18.6. The highest BCUT2D eigenvalue weighted by Gasteiger charge is 2.15. The molecule has 1 aromatic heterocycles. The number of fused-ring (bicyclic) bond motifs is 1. The van der Waals surface area contributed by atoms with Gasteiger partial charge >= 0.3 is 0 Å². The summed E-state index contributed by atoms with van der Waals surface area (Å²) in [7, 11) is 0. The van der Waals surface area contributed by atoms with Crippen molar-refractivity contribution in [3.05, 3.63) is 101 Å². The third kappa shape index (κ3) is 3.69. The largest absolute Gasteiger partial charge is 0.348 e. The summed E-state index contributed by atoms with van der Waals surface area (Å²) in [4.78, 5) is 17.6. The third-order valence-corrected chi connectivity index (χ3v) is 4.74. The van der Waals surface area contributed by atoms with Crippen molar-refractivity contribution in [2.24, 2.45) is 0 Å². The molecule has 3 nitrogen and oxygen atoms in total. The minimum Gasteiger partial charge on any atom is -0.348 e. The van der Waals surface area contributed by atoms with Crippen LogP contribution in [0.25, 0.3) is 22.2 Å². The number of aromatic nitrogens is 1. The summed E-state index contributed by atoms with van der Waals surface area (Å²) in [6, 6.07) is 26.8. The number of rotatable bonds is 4. The number of nitrogens with one attached hydrogen (secondary N) is 1. The van der Waals surface area contributed by atoms with Crippen LogP contribution in [0.3, 0.4) is 0 Å². The molecule has 0 fully saturated rings. The van der Waals surface area contributed by atoms with Gasteiger partial charge in [0.1, 0.15) is 0 Å². The molecule has 0 unspecified atom stereocenters. The molecule has 0 saturated heterocycles. The Hall–Kier alpha value is -3.17. The van der Waals surface area contributed by atoms with Crippen LogP contribution in [0.15, 0.2) is 84.9 Å². The van der Waals surface area contributed by atoms with Crippen molar-refractivity contribution in [1.82, 2.24) is 10.3 Å². The molecule has 0 atom stereocenters. The first-order valence-electron chi connectivity index (χ1n) is 8.69. The fourth-order valence-corrected chi connectivity index (χ4v) is 3.28. The van der Waals surface area contributed by atoms with Crippen LogP contribution in [0.4, 0.5) is 0 Å². The van der Waals surface area contributed by atoms with E-state index in [1.807, 2.05) is 84.9 Å². The normalized spacial score (nSPS) is 10.7. The smallest absolute Gasteiger partial charge is 0.252 e. The maximum absolute atomic E-state index is 12.9. The fraction of sp³-hybridized carbons (Fsp3) is 0.0435. The van der Waals surface area contributed by atoms with E-state index >= 15 is 0 Å². The van der Waals surface area contributed by atoms with E-state index in [0.717, 1.165) is 22.0 Å². The number of pyridine rings is 1. The van der Waals surface area contributed by atoms with Gasteiger partial charge in [0.15, 0.2) is 0 Å². The van der Waals surface area contributed by atoms with Gasteiger partial charge in [-0.25, -0.2) is 4.98 Å². The van der Waals surface area contributed by atoms with Gasteiger partial charge in [-0.3, -0.25) is 4.79 Å². The quantitative estimate of drug-likeness (QED) is 0.515. The summed E-state index contributed by atoms with van der Waals surface area (Å²) in [6.45, 7) is 0.470. The van der Waals surface area contributed by atoms with Crippen LogP contribution in [0.1, 0.15) is 15.9 Å². The lowest BCUT2D eigenvalue weighted by atomic mass is 10.0. The Morgan fingerprint density at radius 3 is 2.41 bits per heavy atom. The van der Waals surface area contributed by atoms with Crippen molar-refractivity contribution in [3.8, 4) is 11.3 Å². The average molecular weight is 373 g/mol. The minimum absolute atomic E-state index is 0.134. The van der Waals surface area contributed by atoms with E-state index in [1.165, 1.54) is 0 Å². The van der Waals surface area contributed by atoms with Crippen molar-refractivity contribution < 1.29 is 4.79 Å². The molecule has 1 amide bonds. The second-order valence-electron chi connectivity index (χ2n) is 6.22.